The normalized spacial score (nSPS) is 3.25. The predicted octanol–water partition coefficient (Wildman–Crippen LogP) is -2.88. The van der Waals surface area contributed by atoms with Crippen molar-refractivity contribution in [3.05, 3.63) is 0 Å². The van der Waals surface area contributed by atoms with E-state index in [1.54, 1.807) is 0 Å². The Balaban J connectivity index is 0. The van der Waals surface area contributed by atoms with Crippen molar-refractivity contribution in [3.8, 4) is 0 Å². The van der Waals surface area contributed by atoms with Gasteiger partial charge in [-0.15, -0.1) is 0 Å². The van der Waals surface area contributed by atoms with Crippen LogP contribution in [0.1, 0.15) is 6.92 Å². The molecule has 0 aliphatic rings. The molecular weight excluding hydrogens is 63.0 g/mol. The number of rotatable bonds is 0. The Morgan fingerprint density at radius 1 is 1.75 bits per heavy atom. The average molecular weight is 66.0 g/mol. The minimum absolute atomic E-state index is 0. The molecule has 0 spiro atoms. The molecule has 0 fully saturated rings. The molecule has 0 radical (unpaired) electrons. The van der Waals surface area contributed by atoms with Gasteiger partial charge in [0.2, 0.25) is 0 Å². The second-order valence-corrected chi connectivity index (χ2v) is 0.204. The first-order valence-electron chi connectivity index (χ1n) is 0.704. The molecule has 0 rings (SSSR count). The molecule has 2 heteroatoms. The molecule has 0 aromatic carbocycles. The molecule has 0 aromatic heterocycles. The summed E-state index contributed by atoms with van der Waals surface area (Å²) in [6.45, 7) is 1.32. The van der Waals surface area contributed by atoms with E-state index in [4.69, 9.17) is 4.79 Å². The van der Waals surface area contributed by atoms with Crippen LogP contribution in [0, 0.1) is 0 Å². The van der Waals surface area contributed by atoms with Gasteiger partial charge in [-0.05, 0) is 0 Å². The van der Waals surface area contributed by atoms with E-state index in [0.29, 0.717) is 0 Å². The van der Waals surface area contributed by atoms with Crippen molar-refractivity contribution in [1.82, 2.24) is 0 Å². The van der Waals surface area contributed by atoms with Crippen LogP contribution in [0.25, 0.3) is 0 Å². The van der Waals surface area contributed by atoms with Crippen molar-refractivity contribution >= 4 is 6.29 Å². The second kappa shape index (κ2) is 9.38. The van der Waals surface area contributed by atoms with E-state index in [9.17, 15) is 0 Å². The zero-order valence-corrected chi connectivity index (χ0v) is 4.91. The minimum Gasteiger partial charge on any atom is -0.542 e. The molecule has 0 saturated carbocycles. The standard InChI is InChI=1S/C2H3O.Na/c1-2-3;/h1H3;/q-1;+1. The van der Waals surface area contributed by atoms with Gasteiger partial charge in [-0.2, -0.15) is 6.92 Å². The Labute approximate surface area is 47.7 Å². The summed E-state index contributed by atoms with van der Waals surface area (Å²) in [6, 6.07) is 0. The van der Waals surface area contributed by atoms with Crippen LogP contribution in [0.4, 0.5) is 0 Å². The largest absolute Gasteiger partial charge is 1.00 e. The molecule has 1 nitrogen and oxygen atoms in total. The third-order valence-corrected chi connectivity index (χ3v) is 0. The molecule has 4 heavy (non-hydrogen) atoms. The summed E-state index contributed by atoms with van der Waals surface area (Å²) in [6.07, 6.45) is 1.50. The Morgan fingerprint density at radius 3 is 1.75 bits per heavy atom. The molecule has 0 aliphatic carbocycles. The molecule has 0 unspecified atom stereocenters. The maximum atomic E-state index is 8.68. The van der Waals surface area contributed by atoms with Gasteiger partial charge in [0.1, 0.15) is 0 Å². The molecule has 0 amide bonds. The van der Waals surface area contributed by atoms with Crippen LogP contribution in [0.5, 0.6) is 0 Å². The van der Waals surface area contributed by atoms with Crippen LogP contribution >= 0.6 is 0 Å². The Morgan fingerprint density at radius 2 is 1.75 bits per heavy atom. The van der Waals surface area contributed by atoms with Crippen LogP contribution in [-0.2, 0) is 4.79 Å². The van der Waals surface area contributed by atoms with Gasteiger partial charge in [0.15, 0.2) is 0 Å². The maximum absolute atomic E-state index is 8.68. The molecular formula is C2H3NaO. The van der Waals surface area contributed by atoms with Crippen LogP contribution in [0.2, 0.25) is 0 Å². The van der Waals surface area contributed by atoms with Gasteiger partial charge in [0.25, 0.3) is 0 Å². The summed E-state index contributed by atoms with van der Waals surface area (Å²) < 4.78 is 0. The summed E-state index contributed by atoms with van der Waals surface area (Å²) >= 11 is 0. The SMILES string of the molecule is C[C-]=O.[Na+]. The van der Waals surface area contributed by atoms with Gasteiger partial charge in [0.05, 0.1) is 0 Å². The minimum atomic E-state index is 0. The van der Waals surface area contributed by atoms with Gasteiger partial charge in [0, 0.05) is 0 Å². The van der Waals surface area contributed by atoms with E-state index < -0.39 is 0 Å². The van der Waals surface area contributed by atoms with Crippen LogP contribution < -0.4 is 29.6 Å². The first-order chi connectivity index (χ1) is 1.41. The van der Waals surface area contributed by atoms with Gasteiger partial charge in [-0.3, -0.25) is 6.29 Å². The van der Waals surface area contributed by atoms with Crippen LogP contribution in [0.3, 0.4) is 0 Å². The van der Waals surface area contributed by atoms with Gasteiger partial charge in [-0.1, -0.05) is 0 Å². The zero-order chi connectivity index (χ0) is 2.71. The van der Waals surface area contributed by atoms with Gasteiger partial charge >= 0.3 is 29.6 Å². The predicted molar refractivity (Wildman–Crippen MR) is 11.4 cm³/mol. The third-order valence-electron chi connectivity index (χ3n) is 0. The quantitative estimate of drug-likeness (QED) is 0.219. The molecule has 0 aromatic rings. The van der Waals surface area contributed by atoms with Crippen molar-refractivity contribution < 1.29 is 34.4 Å². The van der Waals surface area contributed by atoms with E-state index in [1.807, 2.05) is 0 Å². The maximum Gasteiger partial charge on any atom is 1.00 e. The van der Waals surface area contributed by atoms with Crippen molar-refractivity contribution in [1.29, 1.82) is 0 Å². The fourth-order valence-corrected chi connectivity index (χ4v) is 0. The van der Waals surface area contributed by atoms with Crippen LogP contribution in [-0.4, -0.2) is 6.29 Å². The first-order valence-corrected chi connectivity index (χ1v) is 0.704. The number of hydrogen-bond acceptors (Lipinski definition) is 1. The number of carbonyl (C=O) groups excluding carboxylic acids is 1. The average Bonchev–Trinajstić information content (AvgIpc) is 0.918. The summed E-state index contributed by atoms with van der Waals surface area (Å²) in [4.78, 5) is 8.68. The molecule has 0 atom stereocenters. The fourth-order valence-electron chi connectivity index (χ4n) is 0. The van der Waals surface area contributed by atoms with Gasteiger partial charge in [-0.25, -0.2) is 0 Å². The second-order valence-electron chi connectivity index (χ2n) is 0.204. The van der Waals surface area contributed by atoms with E-state index in [1.165, 1.54) is 13.2 Å². The van der Waals surface area contributed by atoms with Crippen LogP contribution in [0.15, 0.2) is 0 Å². The van der Waals surface area contributed by atoms with E-state index in [2.05, 4.69) is 0 Å². The van der Waals surface area contributed by atoms with Gasteiger partial charge < -0.3 is 4.79 Å². The van der Waals surface area contributed by atoms with E-state index in [-0.39, 0.29) is 29.6 Å². The van der Waals surface area contributed by atoms with Crippen molar-refractivity contribution in [2.24, 2.45) is 0 Å². The van der Waals surface area contributed by atoms with E-state index >= 15 is 0 Å². The van der Waals surface area contributed by atoms with Crippen molar-refractivity contribution in [3.63, 3.8) is 0 Å². The molecule has 0 aliphatic heterocycles. The first kappa shape index (κ1) is 8.82. The fraction of sp³-hybridized carbons (Fsp3) is 0.500. The summed E-state index contributed by atoms with van der Waals surface area (Å²) in [5.41, 5.74) is 0. The van der Waals surface area contributed by atoms with Crippen molar-refractivity contribution in [2.45, 2.75) is 6.92 Å². The molecule has 0 saturated heterocycles. The zero-order valence-electron chi connectivity index (χ0n) is 2.91. The molecule has 18 valence electrons. The molecule has 0 N–H and O–H groups in total. The molecule has 0 heterocycles. The monoisotopic (exact) mass is 66.0 g/mol. The summed E-state index contributed by atoms with van der Waals surface area (Å²) in [5.74, 6) is 0. The Kier molecular flexibility index (Phi) is 20.7. The summed E-state index contributed by atoms with van der Waals surface area (Å²) in [7, 11) is 0. The summed E-state index contributed by atoms with van der Waals surface area (Å²) in [5, 5.41) is 0. The third kappa shape index (κ3) is 16.6. The number of hydrogen-bond donors (Lipinski definition) is 0. The topological polar surface area (TPSA) is 17.1 Å². The Bertz CT molecular complexity index is 13.5. The van der Waals surface area contributed by atoms with E-state index in [0.717, 1.165) is 0 Å². The Hall–Kier alpha value is 0.670. The smallest absolute Gasteiger partial charge is 0.542 e. The van der Waals surface area contributed by atoms with Crippen molar-refractivity contribution in [2.75, 3.05) is 0 Å². The molecule has 0 bridgehead atoms.